The van der Waals surface area contributed by atoms with E-state index in [4.69, 9.17) is 0 Å². The van der Waals surface area contributed by atoms with E-state index in [9.17, 15) is 17.9 Å². The summed E-state index contributed by atoms with van der Waals surface area (Å²) in [7, 11) is -3.43. The number of allylic oxidation sites excluding steroid dienone is 1. The molecule has 1 saturated carbocycles. The average Bonchev–Trinajstić information content (AvgIpc) is 3.36. The highest BCUT2D eigenvalue weighted by molar-refractivity contribution is 7.91. The molecule has 0 bridgehead atoms. The summed E-state index contributed by atoms with van der Waals surface area (Å²) < 4.78 is 40.5. The van der Waals surface area contributed by atoms with Crippen LogP contribution in [-0.2, 0) is 16.3 Å². The van der Waals surface area contributed by atoms with Gasteiger partial charge in [-0.2, -0.15) is 5.10 Å². The molecule has 0 saturated heterocycles. The van der Waals surface area contributed by atoms with E-state index in [1.807, 2.05) is 10.9 Å². The predicted octanol–water partition coefficient (Wildman–Crippen LogP) is 4.59. The summed E-state index contributed by atoms with van der Waals surface area (Å²) in [5, 5.41) is 15.6. The maximum Gasteiger partial charge on any atom is 0.178 e. The molecule has 3 aromatic rings. The first-order valence-electron chi connectivity index (χ1n) is 11.3. The minimum absolute atomic E-state index is 0.0166. The first-order valence-corrected chi connectivity index (χ1v) is 12.9. The first-order chi connectivity index (χ1) is 15.8. The van der Waals surface area contributed by atoms with Crippen LogP contribution in [-0.4, -0.2) is 35.2 Å². The van der Waals surface area contributed by atoms with Crippen LogP contribution in [0.4, 0.5) is 4.39 Å². The summed E-state index contributed by atoms with van der Waals surface area (Å²) in [5.74, 6) is -0.373. The van der Waals surface area contributed by atoms with Gasteiger partial charge in [-0.3, -0.25) is 0 Å². The van der Waals surface area contributed by atoms with Gasteiger partial charge in [0.1, 0.15) is 5.82 Å². The lowest BCUT2D eigenvalue weighted by molar-refractivity contribution is 0.0540. The largest absolute Gasteiger partial charge is 0.393 e. The molecule has 5 rings (SSSR count). The molecular weight excluding hydrogens is 439 g/mol. The van der Waals surface area contributed by atoms with Crippen molar-refractivity contribution in [3.63, 3.8) is 0 Å². The Morgan fingerprint density at radius 1 is 1.18 bits per heavy atom. The fourth-order valence-corrected chi connectivity index (χ4v) is 6.86. The zero-order valence-corrected chi connectivity index (χ0v) is 19.3. The summed E-state index contributed by atoms with van der Waals surface area (Å²) in [6, 6.07) is 14.7. The minimum Gasteiger partial charge on any atom is -0.393 e. The lowest BCUT2D eigenvalue weighted by atomic mass is 9.68. The molecule has 2 aromatic carbocycles. The number of rotatable bonds is 6. The maximum atomic E-state index is 13.3. The lowest BCUT2D eigenvalue weighted by Gasteiger charge is -2.38. The number of hydrogen-bond acceptors (Lipinski definition) is 4. The van der Waals surface area contributed by atoms with Crippen LogP contribution in [0.1, 0.15) is 37.4 Å². The Kier molecular flexibility index (Phi) is 5.49. The van der Waals surface area contributed by atoms with Crippen molar-refractivity contribution in [3.8, 4) is 5.69 Å². The lowest BCUT2D eigenvalue weighted by Crippen LogP contribution is -2.37. The van der Waals surface area contributed by atoms with Crippen LogP contribution < -0.4 is 0 Å². The second-order valence-electron chi connectivity index (χ2n) is 9.34. The van der Waals surface area contributed by atoms with Gasteiger partial charge in [0.05, 0.1) is 34.3 Å². The summed E-state index contributed by atoms with van der Waals surface area (Å²) in [4.78, 5) is 0.297. The fraction of sp³-hybridized carbons (Fsp3) is 0.346. The zero-order valence-electron chi connectivity index (χ0n) is 18.5. The molecule has 1 heterocycles. The highest BCUT2D eigenvalue weighted by atomic mass is 32.2. The van der Waals surface area contributed by atoms with Crippen LogP contribution in [0.3, 0.4) is 0 Å². The Morgan fingerprint density at radius 3 is 2.64 bits per heavy atom. The molecular formula is C26H27FN2O3S. The summed E-state index contributed by atoms with van der Waals surface area (Å²) in [5.41, 5.74) is 3.91. The Labute approximate surface area is 193 Å². The molecule has 0 radical (unpaired) electrons. The summed E-state index contributed by atoms with van der Waals surface area (Å²) >= 11 is 0. The fourth-order valence-electron chi connectivity index (χ4n) is 5.51. The SMILES string of the molecule is C[C@]12Cc3cnn(-c4ccc(F)cc4)c3C=C1CC[C@@H]2[C@H](O)CCS(=O)(=O)c1ccccc1. The molecule has 7 heteroatoms. The maximum absolute atomic E-state index is 13.3. The molecule has 172 valence electrons. The van der Waals surface area contributed by atoms with Gasteiger partial charge >= 0.3 is 0 Å². The number of sulfone groups is 1. The van der Waals surface area contributed by atoms with E-state index in [0.717, 1.165) is 36.2 Å². The highest BCUT2D eigenvalue weighted by Gasteiger charge is 2.48. The Hall–Kier alpha value is -2.77. The van der Waals surface area contributed by atoms with Crippen LogP contribution in [0.5, 0.6) is 0 Å². The normalized spacial score (nSPS) is 23.0. The van der Waals surface area contributed by atoms with Crippen molar-refractivity contribution in [2.45, 2.75) is 43.6 Å². The molecule has 0 amide bonds. The van der Waals surface area contributed by atoms with Crippen molar-refractivity contribution in [2.75, 3.05) is 5.75 Å². The van der Waals surface area contributed by atoms with E-state index in [-0.39, 0.29) is 29.3 Å². The molecule has 5 nitrogen and oxygen atoms in total. The minimum atomic E-state index is -3.43. The zero-order chi connectivity index (χ0) is 23.2. The van der Waals surface area contributed by atoms with Crippen molar-refractivity contribution >= 4 is 15.9 Å². The van der Waals surface area contributed by atoms with E-state index in [1.54, 1.807) is 42.5 Å². The van der Waals surface area contributed by atoms with Gasteiger partial charge in [0, 0.05) is 0 Å². The number of nitrogens with zero attached hydrogens (tertiary/aromatic N) is 2. The number of aliphatic hydroxyl groups is 1. The number of aromatic nitrogens is 2. The molecule has 3 atom stereocenters. The van der Waals surface area contributed by atoms with E-state index in [0.29, 0.717) is 4.90 Å². The Balaban J connectivity index is 1.35. The third-order valence-electron chi connectivity index (χ3n) is 7.35. The number of halogens is 1. The molecule has 0 spiro atoms. The standard InChI is InChI=1S/C26H27FN2O3S/c1-26-16-18-17-28-29(21-10-8-20(27)9-11-21)24(18)15-19(26)7-12-23(26)25(30)13-14-33(31,32)22-5-3-2-4-6-22/h2-6,8-11,15,17,23,25,30H,7,12-14,16H2,1H3/t23-,25-,26+/m1/s1. The van der Waals surface area contributed by atoms with Crippen molar-refractivity contribution in [1.29, 1.82) is 0 Å². The highest BCUT2D eigenvalue weighted by Crippen LogP contribution is 2.54. The predicted molar refractivity (Wildman–Crippen MR) is 125 cm³/mol. The second kappa shape index (κ2) is 8.22. The van der Waals surface area contributed by atoms with E-state index in [1.165, 1.54) is 17.7 Å². The molecule has 0 unspecified atom stereocenters. The van der Waals surface area contributed by atoms with Gasteiger partial charge in [-0.25, -0.2) is 17.5 Å². The molecule has 0 aliphatic heterocycles. The van der Waals surface area contributed by atoms with Crippen LogP contribution in [0.2, 0.25) is 0 Å². The molecule has 33 heavy (non-hydrogen) atoms. The van der Waals surface area contributed by atoms with E-state index in [2.05, 4.69) is 18.1 Å². The quantitative estimate of drug-likeness (QED) is 0.577. The van der Waals surface area contributed by atoms with Crippen molar-refractivity contribution < 1.29 is 17.9 Å². The molecule has 1 fully saturated rings. The summed E-state index contributed by atoms with van der Waals surface area (Å²) in [6.45, 7) is 2.17. The van der Waals surface area contributed by atoms with Crippen LogP contribution in [0.15, 0.2) is 71.3 Å². The van der Waals surface area contributed by atoms with Gasteiger partial charge in [-0.15, -0.1) is 0 Å². The number of hydrogen-bond donors (Lipinski definition) is 1. The van der Waals surface area contributed by atoms with Crippen molar-refractivity contribution in [2.24, 2.45) is 11.3 Å². The van der Waals surface area contributed by atoms with Gasteiger partial charge < -0.3 is 5.11 Å². The monoisotopic (exact) mass is 466 g/mol. The topological polar surface area (TPSA) is 72.2 Å². The Bertz CT molecular complexity index is 1300. The number of fused-ring (bicyclic) bond motifs is 2. The van der Waals surface area contributed by atoms with Gasteiger partial charge in [0.15, 0.2) is 9.84 Å². The summed E-state index contributed by atoms with van der Waals surface area (Å²) in [6.07, 6.45) is 5.94. The molecule has 2 aliphatic carbocycles. The Morgan fingerprint density at radius 2 is 1.91 bits per heavy atom. The van der Waals surface area contributed by atoms with Gasteiger partial charge in [0.2, 0.25) is 0 Å². The van der Waals surface area contributed by atoms with Gasteiger partial charge in [0.25, 0.3) is 0 Å². The van der Waals surface area contributed by atoms with Gasteiger partial charge in [-0.1, -0.05) is 30.7 Å². The number of benzene rings is 2. The van der Waals surface area contributed by atoms with Crippen LogP contribution in [0.25, 0.3) is 11.8 Å². The van der Waals surface area contributed by atoms with Crippen LogP contribution >= 0.6 is 0 Å². The molecule has 1 aromatic heterocycles. The van der Waals surface area contributed by atoms with Crippen LogP contribution in [0, 0.1) is 17.2 Å². The molecule has 2 aliphatic rings. The smallest absolute Gasteiger partial charge is 0.178 e. The van der Waals surface area contributed by atoms with E-state index < -0.39 is 15.9 Å². The first kappa shape index (κ1) is 22.0. The molecule has 1 N–H and O–H groups in total. The number of aliphatic hydroxyl groups excluding tert-OH is 1. The van der Waals surface area contributed by atoms with Crippen molar-refractivity contribution in [1.82, 2.24) is 9.78 Å². The van der Waals surface area contributed by atoms with Crippen molar-refractivity contribution in [3.05, 3.63) is 83.4 Å². The third kappa shape index (κ3) is 3.93. The second-order valence-corrected chi connectivity index (χ2v) is 11.4. The average molecular weight is 467 g/mol. The van der Waals surface area contributed by atoms with E-state index >= 15 is 0 Å². The third-order valence-corrected chi connectivity index (χ3v) is 9.12. The van der Waals surface area contributed by atoms with Gasteiger partial charge in [-0.05, 0) is 85.1 Å².